The summed E-state index contributed by atoms with van der Waals surface area (Å²) >= 11 is 1.18. The van der Waals surface area contributed by atoms with E-state index in [9.17, 15) is 4.39 Å². The standard InChI is InChI=1S/C8H6FNOS/c9-7-5-3-4(11)1-2-6(5)12-8(7)10/h1-3,11H,10H2. The van der Waals surface area contributed by atoms with Crippen LogP contribution in [0.2, 0.25) is 0 Å². The molecule has 0 fully saturated rings. The lowest BCUT2D eigenvalue weighted by Gasteiger charge is -1.90. The molecule has 2 rings (SSSR count). The fourth-order valence-corrected chi connectivity index (χ4v) is 1.91. The maximum atomic E-state index is 13.1. The van der Waals surface area contributed by atoms with Crippen LogP contribution >= 0.6 is 11.3 Å². The van der Waals surface area contributed by atoms with Crippen molar-refractivity contribution in [2.24, 2.45) is 0 Å². The minimum Gasteiger partial charge on any atom is -0.508 e. The predicted octanol–water partition coefficient (Wildman–Crippen LogP) is 2.33. The number of nitrogens with two attached hydrogens (primary N) is 1. The molecule has 1 aromatic carbocycles. The number of benzene rings is 1. The van der Waals surface area contributed by atoms with E-state index >= 15 is 0 Å². The Labute approximate surface area is 72.1 Å². The Bertz CT molecular complexity index is 438. The molecule has 0 aliphatic carbocycles. The zero-order chi connectivity index (χ0) is 8.72. The molecule has 0 amide bonds. The third-order valence-corrected chi connectivity index (χ3v) is 2.61. The quantitative estimate of drug-likeness (QED) is 0.658. The van der Waals surface area contributed by atoms with Crippen LogP contribution in [-0.4, -0.2) is 5.11 Å². The topological polar surface area (TPSA) is 46.2 Å². The second-order valence-corrected chi connectivity index (χ2v) is 3.54. The summed E-state index contributed by atoms with van der Waals surface area (Å²) in [6.45, 7) is 0. The highest BCUT2D eigenvalue weighted by Gasteiger charge is 2.08. The number of thiophene rings is 1. The lowest BCUT2D eigenvalue weighted by Crippen LogP contribution is -1.81. The zero-order valence-corrected chi connectivity index (χ0v) is 6.86. The van der Waals surface area contributed by atoms with Crippen molar-refractivity contribution in [2.45, 2.75) is 0 Å². The molecule has 0 saturated heterocycles. The van der Waals surface area contributed by atoms with Gasteiger partial charge in [-0.05, 0) is 18.2 Å². The van der Waals surface area contributed by atoms with Gasteiger partial charge in [0.15, 0.2) is 5.82 Å². The Morgan fingerprint density at radius 3 is 2.92 bits per heavy atom. The Morgan fingerprint density at radius 2 is 2.17 bits per heavy atom. The number of phenolic OH excluding ortho intramolecular Hbond substituents is 1. The molecular weight excluding hydrogens is 177 g/mol. The average Bonchev–Trinajstić information content (AvgIpc) is 2.31. The van der Waals surface area contributed by atoms with E-state index < -0.39 is 5.82 Å². The fraction of sp³-hybridized carbons (Fsp3) is 0. The summed E-state index contributed by atoms with van der Waals surface area (Å²) in [5.41, 5.74) is 5.36. The normalized spacial score (nSPS) is 10.8. The molecule has 0 aliphatic heterocycles. The van der Waals surface area contributed by atoms with Crippen molar-refractivity contribution in [3.8, 4) is 5.75 Å². The van der Waals surface area contributed by atoms with Gasteiger partial charge in [-0.3, -0.25) is 0 Å². The van der Waals surface area contributed by atoms with Crippen LogP contribution in [0.5, 0.6) is 5.75 Å². The van der Waals surface area contributed by atoms with Crippen LogP contribution in [0.25, 0.3) is 10.1 Å². The monoisotopic (exact) mass is 183 g/mol. The minimum absolute atomic E-state index is 0.0548. The van der Waals surface area contributed by atoms with Crippen molar-refractivity contribution in [2.75, 3.05) is 5.73 Å². The summed E-state index contributed by atoms with van der Waals surface area (Å²) in [6, 6.07) is 4.53. The van der Waals surface area contributed by atoms with Crippen LogP contribution in [0.4, 0.5) is 9.39 Å². The highest BCUT2D eigenvalue weighted by atomic mass is 32.1. The van der Waals surface area contributed by atoms with Gasteiger partial charge in [0.2, 0.25) is 0 Å². The summed E-state index contributed by atoms with van der Waals surface area (Å²) in [5, 5.41) is 9.61. The molecule has 0 atom stereocenters. The maximum absolute atomic E-state index is 13.1. The van der Waals surface area contributed by atoms with Gasteiger partial charge in [-0.2, -0.15) is 0 Å². The van der Waals surface area contributed by atoms with Gasteiger partial charge in [-0.15, -0.1) is 11.3 Å². The number of fused-ring (bicyclic) bond motifs is 1. The molecule has 62 valence electrons. The number of aromatic hydroxyl groups is 1. The largest absolute Gasteiger partial charge is 0.508 e. The molecule has 0 saturated carbocycles. The molecule has 4 heteroatoms. The van der Waals surface area contributed by atoms with E-state index in [0.717, 1.165) is 4.70 Å². The summed E-state index contributed by atoms with van der Waals surface area (Å²) in [6.07, 6.45) is 0. The van der Waals surface area contributed by atoms with Gasteiger partial charge >= 0.3 is 0 Å². The molecule has 0 aliphatic rings. The number of hydrogen-bond donors (Lipinski definition) is 2. The van der Waals surface area contributed by atoms with Crippen molar-refractivity contribution in [1.29, 1.82) is 0 Å². The maximum Gasteiger partial charge on any atom is 0.165 e. The third-order valence-electron chi connectivity index (χ3n) is 1.64. The Morgan fingerprint density at radius 1 is 1.42 bits per heavy atom. The summed E-state index contributed by atoms with van der Waals surface area (Å²) < 4.78 is 13.9. The van der Waals surface area contributed by atoms with Gasteiger partial charge in [-0.25, -0.2) is 4.39 Å². The first kappa shape index (κ1) is 7.36. The number of hydrogen-bond acceptors (Lipinski definition) is 3. The van der Waals surface area contributed by atoms with E-state index in [4.69, 9.17) is 10.8 Å². The van der Waals surface area contributed by atoms with Crippen molar-refractivity contribution >= 4 is 26.4 Å². The molecular formula is C8H6FNOS. The molecule has 1 heterocycles. The van der Waals surface area contributed by atoms with Gasteiger partial charge in [0.05, 0.1) is 0 Å². The second-order valence-electron chi connectivity index (χ2n) is 2.46. The van der Waals surface area contributed by atoms with Crippen LogP contribution in [0.15, 0.2) is 18.2 Å². The smallest absolute Gasteiger partial charge is 0.165 e. The Balaban J connectivity index is 2.88. The number of anilines is 1. The Kier molecular flexibility index (Phi) is 1.44. The van der Waals surface area contributed by atoms with Gasteiger partial charge in [-0.1, -0.05) is 0 Å². The van der Waals surface area contributed by atoms with Gasteiger partial charge in [0, 0.05) is 10.1 Å². The predicted molar refractivity (Wildman–Crippen MR) is 47.9 cm³/mol. The molecule has 1 aromatic heterocycles. The van der Waals surface area contributed by atoms with Crippen LogP contribution in [0.1, 0.15) is 0 Å². The van der Waals surface area contributed by atoms with Crippen LogP contribution in [-0.2, 0) is 0 Å². The van der Waals surface area contributed by atoms with Crippen LogP contribution < -0.4 is 5.73 Å². The molecule has 2 nitrogen and oxygen atoms in total. The summed E-state index contributed by atoms with van der Waals surface area (Å²) in [7, 11) is 0. The van der Waals surface area contributed by atoms with Gasteiger partial charge in [0.25, 0.3) is 0 Å². The van der Waals surface area contributed by atoms with E-state index in [0.29, 0.717) is 5.39 Å². The van der Waals surface area contributed by atoms with E-state index in [1.807, 2.05) is 0 Å². The van der Waals surface area contributed by atoms with Gasteiger partial charge in [0.1, 0.15) is 10.8 Å². The first-order valence-corrected chi connectivity index (χ1v) is 4.16. The molecule has 0 unspecified atom stereocenters. The van der Waals surface area contributed by atoms with Crippen molar-refractivity contribution in [3.05, 3.63) is 24.0 Å². The molecule has 0 bridgehead atoms. The Hall–Kier alpha value is -1.29. The first-order chi connectivity index (χ1) is 5.68. The lowest BCUT2D eigenvalue weighted by atomic mass is 10.2. The lowest BCUT2D eigenvalue weighted by molar-refractivity contribution is 0.476. The SMILES string of the molecule is Nc1sc2ccc(O)cc2c1F. The molecule has 0 radical (unpaired) electrons. The van der Waals surface area contributed by atoms with E-state index in [1.54, 1.807) is 6.07 Å². The summed E-state index contributed by atoms with van der Waals surface area (Å²) in [5.74, 6) is -0.384. The molecule has 3 N–H and O–H groups in total. The van der Waals surface area contributed by atoms with Crippen LogP contribution in [0, 0.1) is 5.82 Å². The van der Waals surface area contributed by atoms with E-state index in [-0.39, 0.29) is 10.8 Å². The number of phenols is 1. The van der Waals surface area contributed by atoms with Gasteiger partial charge < -0.3 is 10.8 Å². The molecule has 2 aromatic rings. The molecule has 12 heavy (non-hydrogen) atoms. The number of halogens is 1. The second kappa shape index (κ2) is 2.35. The van der Waals surface area contributed by atoms with E-state index in [2.05, 4.69) is 0 Å². The number of rotatable bonds is 0. The van der Waals surface area contributed by atoms with E-state index in [1.165, 1.54) is 23.5 Å². The van der Waals surface area contributed by atoms with Crippen molar-refractivity contribution in [3.63, 3.8) is 0 Å². The average molecular weight is 183 g/mol. The highest BCUT2D eigenvalue weighted by Crippen LogP contribution is 2.33. The number of nitrogen functional groups attached to an aromatic ring is 1. The van der Waals surface area contributed by atoms with Crippen molar-refractivity contribution < 1.29 is 9.50 Å². The fourth-order valence-electron chi connectivity index (χ4n) is 1.07. The van der Waals surface area contributed by atoms with Crippen molar-refractivity contribution in [1.82, 2.24) is 0 Å². The first-order valence-electron chi connectivity index (χ1n) is 3.35. The van der Waals surface area contributed by atoms with Crippen LogP contribution in [0.3, 0.4) is 0 Å². The third kappa shape index (κ3) is 0.921. The minimum atomic E-state index is -0.439. The zero-order valence-electron chi connectivity index (χ0n) is 6.04. The molecule has 0 spiro atoms. The summed E-state index contributed by atoms with van der Waals surface area (Å²) in [4.78, 5) is 0. The highest BCUT2D eigenvalue weighted by molar-refractivity contribution is 7.22.